The van der Waals surface area contributed by atoms with Crippen LogP contribution in [0.15, 0.2) is 5.38 Å². The summed E-state index contributed by atoms with van der Waals surface area (Å²) in [6, 6.07) is 0.719. The van der Waals surface area contributed by atoms with Gasteiger partial charge >= 0.3 is 0 Å². The number of nitrogens with one attached hydrogen (secondary N) is 1. The Morgan fingerprint density at radius 2 is 2.35 bits per heavy atom. The van der Waals surface area contributed by atoms with Gasteiger partial charge in [0.05, 0.1) is 10.7 Å². The molecular weight excluding hydrogens is 230 g/mol. The van der Waals surface area contributed by atoms with E-state index in [1.54, 1.807) is 11.3 Å². The standard InChI is InChI=1S/C13H23N3S/c1-3-13-15-11(10-17-13)9-16(2)12-5-4-7-14-8-6-12/h10,12,14H,3-9H2,1-2H3. The summed E-state index contributed by atoms with van der Waals surface area (Å²) in [5.74, 6) is 0. The average molecular weight is 253 g/mol. The van der Waals surface area contributed by atoms with Crippen LogP contribution in [0.1, 0.15) is 36.9 Å². The van der Waals surface area contributed by atoms with Gasteiger partial charge in [-0.3, -0.25) is 4.90 Å². The molecule has 0 aliphatic carbocycles. The van der Waals surface area contributed by atoms with Crippen molar-refractivity contribution in [3.63, 3.8) is 0 Å². The first-order chi connectivity index (χ1) is 8.29. The molecule has 0 aromatic carbocycles. The normalized spacial score (nSPS) is 21.7. The molecule has 3 nitrogen and oxygen atoms in total. The van der Waals surface area contributed by atoms with E-state index in [9.17, 15) is 0 Å². The Kier molecular flexibility index (Phi) is 4.95. The highest BCUT2D eigenvalue weighted by Crippen LogP contribution is 2.16. The highest BCUT2D eigenvalue weighted by atomic mass is 32.1. The Hall–Kier alpha value is -0.450. The van der Waals surface area contributed by atoms with E-state index >= 15 is 0 Å². The van der Waals surface area contributed by atoms with Crippen LogP contribution in [0.3, 0.4) is 0 Å². The highest BCUT2D eigenvalue weighted by Gasteiger charge is 2.17. The molecule has 17 heavy (non-hydrogen) atoms. The van der Waals surface area contributed by atoms with Crippen LogP contribution in [-0.2, 0) is 13.0 Å². The van der Waals surface area contributed by atoms with Gasteiger partial charge in [0.1, 0.15) is 0 Å². The van der Waals surface area contributed by atoms with Crippen LogP contribution < -0.4 is 5.32 Å². The van der Waals surface area contributed by atoms with E-state index in [4.69, 9.17) is 0 Å². The third-order valence-electron chi connectivity index (χ3n) is 3.48. The third kappa shape index (κ3) is 3.76. The van der Waals surface area contributed by atoms with Crippen molar-refractivity contribution in [3.05, 3.63) is 16.1 Å². The molecule has 0 radical (unpaired) electrons. The molecule has 1 aromatic heterocycles. The molecule has 2 heterocycles. The largest absolute Gasteiger partial charge is 0.317 e. The Morgan fingerprint density at radius 3 is 3.12 bits per heavy atom. The molecule has 1 atom stereocenters. The van der Waals surface area contributed by atoms with Crippen LogP contribution in [0.5, 0.6) is 0 Å². The summed E-state index contributed by atoms with van der Waals surface area (Å²) in [6.07, 6.45) is 4.93. The van der Waals surface area contributed by atoms with Crippen molar-refractivity contribution in [2.24, 2.45) is 0 Å². The second-order valence-electron chi connectivity index (χ2n) is 4.84. The lowest BCUT2D eigenvalue weighted by Crippen LogP contribution is -2.32. The highest BCUT2D eigenvalue weighted by molar-refractivity contribution is 7.09. The fourth-order valence-corrected chi connectivity index (χ4v) is 3.15. The maximum Gasteiger partial charge on any atom is 0.0926 e. The minimum Gasteiger partial charge on any atom is -0.317 e. The topological polar surface area (TPSA) is 28.2 Å². The summed E-state index contributed by atoms with van der Waals surface area (Å²) in [7, 11) is 2.24. The van der Waals surface area contributed by atoms with Crippen LogP contribution >= 0.6 is 11.3 Å². The van der Waals surface area contributed by atoms with Crippen molar-refractivity contribution >= 4 is 11.3 Å². The molecule has 1 aliphatic heterocycles. The van der Waals surface area contributed by atoms with Gasteiger partial charge in [0.25, 0.3) is 0 Å². The Morgan fingerprint density at radius 1 is 1.47 bits per heavy atom. The van der Waals surface area contributed by atoms with E-state index in [-0.39, 0.29) is 0 Å². The molecule has 1 fully saturated rings. The summed E-state index contributed by atoms with van der Waals surface area (Å²) in [5.41, 5.74) is 1.24. The van der Waals surface area contributed by atoms with Crippen molar-refractivity contribution < 1.29 is 0 Å². The van der Waals surface area contributed by atoms with Gasteiger partial charge in [-0.15, -0.1) is 11.3 Å². The molecule has 1 aromatic rings. The number of aromatic nitrogens is 1. The summed E-state index contributed by atoms with van der Waals surface area (Å²) < 4.78 is 0. The van der Waals surface area contributed by atoms with Crippen LogP contribution in [0.4, 0.5) is 0 Å². The molecule has 1 saturated heterocycles. The number of hydrogen-bond acceptors (Lipinski definition) is 4. The first kappa shape index (κ1) is 13.0. The predicted molar refractivity (Wildman–Crippen MR) is 73.5 cm³/mol. The van der Waals surface area contributed by atoms with Crippen molar-refractivity contribution in [1.82, 2.24) is 15.2 Å². The lowest BCUT2D eigenvalue weighted by atomic mass is 10.1. The van der Waals surface area contributed by atoms with Gasteiger partial charge in [0.15, 0.2) is 0 Å². The van der Waals surface area contributed by atoms with E-state index in [0.717, 1.165) is 25.6 Å². The van der Waals surface area contributed by atoms with Crippen molar-refractivity contribution in [3.8, 4) is 0 Å². The molecule has 0 saturated carbocycles. The molecule has 1 unspecified atom stereocenters. The molecule has 0 spiro atoms. The Balaban J connectivity index is 1.88. The van der Waals surface area contributed by atoms with Gasteiger partial charge < -0.3 is 5.32 Å². The average Bonchev–Trinajstić information content (AvgIpc) is 2.62. The summed E-state index contributed by atoms with van der Waals surface area (Å²) >= 11 is 1.79. The molecule has 0 bridgehead atoms. The molecule has 4 heteroatoms. The smallest absolute Gasteiger partial charge is 0.0926 e. The van der Waals surface area contributed by atoms with E-state index in [1.807, 2.05) is 0 Å². The van der Waals surface area contributed by atoms with Gasteiger partial charge in [-0.05, 0) is 45.8 Å². The Labute approximate surface area is 108 Å². The van der Waals surface area contributed by atoms with Crippen LogP contribution in [0.25, 0.3) is 0 Å². The monoisotopic (exact) mass is 253 g/mol. The van der Waals surface area contributed by atoms with Gasteiger partial charge in [-0.2, -0.15) is 0 Å². The zero-order chi connectivity index (χ0) is 12.1. The number of thiazole rings is 1. The quantitative estimate of drug-likeness (QED) is 0.892. The van der Waals surface area contributed by atoms with Gasteiger partial charge in [-0.1, -0.05) is 6.92 Å². The molecule has 0 amide bonds. The van der Waals surface area contributed by atoms with Crippen molar-refractivity contribution in [2.75, 3.05) is 20.1 Å². The van der Waals surface area contributed by atoms with Crippen molar-refractivity contribution in [2.45, 2.75) is 45.2 Å². The van der Waals surface area contributed by atoms with E-state index in [0.29, 0.717) is 0 Å². The maximum absolute atomic E-state index is 4.65. The van der Waals surface area contributed by atoms with Crippen LogP contribution in [0, 0.1) is 0 Å². The fraction of sp³-hybridized carbons (Fsp3) is 0.769. The van der Waals surface area contributed by atoms with Crippen LogP contribution in [0.2, 0.25) is 0 Å². The number of nitrogens with zero attached hydrogens (tertiary/aromatic N) is 2. The summed E-state index contributed by atoms with van der Waals surface area (Å²) in [6.45, 7) is 5.51. The number of hydrogen-bond donors (Lipinski definition) is 1. The van der Waals surface area contributed by atoms with Gasteiger partial charge in [0, 0.05) is 18.0 Å². The first-order valence-corrected chi connectivity index (χ1v) is 7.51. The fourth-order valence-electron chi connectivity index (χ4n) is 2.41. The second-order valence-corrected chi connectivity index (χ2v) is 5.78. The SMILES string of the molecule is CCc1nc(CN(C)C2CCCNCC2)cs1. The van der Waals surface area contributed by atoms with Crippen molar-refractivity contribution in [1.29, 1.82) is 0 Å². The minimum absolute atomic E-state index is 0.719. The Bertz CT molecular complexity index is 329. The summed E-state index contributed by atoms with van der Waals surface area (Å²) in [4.78, 5) is 7.12. The molecular formula is C13H23N3S. The lowest BCUT2D eigenvalue weighted by Gasteiger charge is -2.25. The van der Waals surface area contributed by atoms with E-state index in [2.05, 4.69) is 34.6 Å². The van der Waals surface area contributed by atoms with E-state index < -0.39 is 0 Å². The van der Waals surface area contributed by atoms with Gasteiger partial charge in [-0.25, -0.2) is 4.98 Å². The van der Waals surface area contributed by atoms with E-state index in [1.165, 1.54) is 36.5 Å². The maximum atomic E-state index is 4.65. The first-order valence-electron chi connectivity index (χ1n) is 6.64. The van der Waals surface area contributed by atoms with Gasteiger partial charge in [0.2, 0.25) is 0 Å². The lowest BCUT2D eigenvalue weighted by molar-refractivity contribution is 0.214. The number of aryl methyl sites for hydroxylation is 1. The van der Waals surface area contributed by atoms with Crippen LogP contribution in [-0.4, -0.2) is 36.1 Å². The zero-order valence-electron chi connectivity index (χ0n) is 10.9. The molecule has 2 rings (SSSR count). The molecule has 96 valence electrons. The second kappa shape index (κ2) is 6.47. The molecule has 1 N–H and O–H groups in total. The molecule has 1 aliphatic rings. The number of rotatable bonds is 4. The predicted octanol–water partition coefficient (Wildman–Crippen LogP) is 2.28. The third-order valence-corrected chi connectivity index (χ3v) is 4.52. The minimum atomic E-state index is 0.719. The summed E-state index contributed by atoms with van der Waals surface area (Å²) in [5, 5.41) is 6.94. The zero-order valence-corrected chi connectivity index (χ0v) is 11.7.